The third-order valence-electron chi connectivity index (χ3n) is 2.72. The largest absolute Gasteiger partial charge is 0.387 e. The third-order valence-corrected chi connectivity index (χ3v) is 2.72. The van der Waals surface area contributed by atoms with E-state index in [4.69, 9.17) is 10.6 Å². The van der Waals surface area contributed by atoms with Gasteiger partial charge in [0.15, 0.2) is 6.23 Å². The summed E-state index contributed by atoms with van der Waals surface area (Å²) in [6.45, 7) is -0.132. The van der Waals surface area contributed by atoms with Crippen molar-refractivity contribution in [3.05, 3.63) is 33.1 Å². The van der Waals surface area contributed by atoms with Crippen LogP contribution in [0.2, 0.25) is 0 Å². The number of aliphatic hydroxyl groups is 2. The first-order valence-electron chi connectivity index (χ1n) is 5.19. The topological polar surface area (TPSA) is 140 Å². The highest BCUT2D eigenvalue weighted by Crippen LogP contribution is 2.27. The van der Waals surface area contributed by atoms with Crippen molar-refractivity contribution in [2.75, 3.05) is 6.61 Å². The second-order valence-corrected chi connectivity index (χ2v) is 3.90. The van der Waals surface area contributed by atoms with Crippen molar-refractivity contribution in [3.63, 3.8) is 0 Å². The molecular formula is C9H13N3O6. The molecule has 18 heavy (non-hydrogen) atoms. The fraction of sp³-hybridized carbons (Fsp3) is 0.556. The zero-order chi connectivity index (χ0) is 13.3. The lowest BCUT2D eigenvalue weighted by atomic mass is 10.1. The zero-order valence-electron chi connectivity index (χ0n) is 9.22. The van der Waals surface area contributed by atoms with Gasteiger partial charge < -0.3 is 19.8 Å². The van der Waals surface area contributed by atoms with Crippen LogP contribution in [0.4, 0.5) is 0 Å². The van der Waals surface area contributed by atoms with Gasteiger partial charge in [-0.2, -0.15) is 0 Å². The molecule has 9 nitrogen and oxygen atoms in total. The summed E-state index contributed by atoms with van der Waals surface area (Å²) in [5, 5.41) is 19.4. The van der Waals surface area contributed by atoms with Crippen molar-refractivity contribution in [1.29, 1.82) is 0 Å². The molecule has 9 heteroatoms. The molecule has 1 aromatic rings. The lowest BCUT2D eigenvalue weighted by Crippen LogP contribution is -2.37. The molecule has 0 saturated carbocycles. The summed E-state index contributed by atoms with van der Waals surface area (Å²) in [7, 11) is 0. The van der Waals surface area contributed by atoms with Gasteiger partial charge in [-0.05, 0) is 0 Å². The van der Waals surface area contributed by atoms with E-state index in [2.05, 4.69) is 4.84 Å². The Kier molecular flexibility index (Phi) is 3.59. The van der Waals surface area contributed by atoms with Crippen molar-refractivity contribution in [3.8, 4) is 0 Å². The number of aliphatic hydroxyl groups excluding tert-OH is 2. The number of hydrogen-bond donors (Lipinski definition) is 4. The number of ether oxygens (including phenoxy) is 1. The van der Waals surface area contributed by atoms with Crippen molar-refractivity contribution < 1.29 is 19.8 Å². The number of nitrogens with zero attached hydrogens (tertiary/aromatic N) is 1. The minimum Gasteiger partial charge on any atom is -0.387 e. The number of aromatic nitrogens is 2. The molecule has 0 aromatic carbocycles. The Morgan fingerprint density at radius 1 is 1.44 bits per heavy atom. The molecule has 1 saturated heterocycles. The SMILES string of the molecule is NOC[C@H]1O[C@@H](n2ccc(=O)[nH]c2=O)[C@H](O)[C@@H]1O. The fourth-order valence-electron chi connectivity index (χ4n) is 1.82. The van der Waals surface area contributed by atoms with Crippen LogP contribution in [-0.4, -0.2) is 44.7 Å². The summed E-state index contributed by atoms with van der Waals surface area (Å²) in [4.78, 5) is 28.8. The first kappa shape index (κ1) is 12.9. The van der Waals surface area contributed by atoms with Crippen LogP contribution in [0.5, 0.6) is 0 Å². The molecule has 0 aliphatic carbocycles. The van der Waals surface area contributed by atoms with E-state index >= 15 is 0 Å². The molecule has 1 aromatic heterocycles. The van der Waals surface area contributed by atoms with Gasteiger partial charge in [0.25, 0.3) is 5.56 Å². The summed E-state index contributed by atoms with van der Waals surface area (Å²) in [6, 6.07) is 1.11. The van der Waals surface area contributed by atoms with Crippen molar-refractivity contribution in [1.82, 2.24) is 9.55 Å². The van der Waals surface area contributed by atoms with Gasteiger partial charge in [0.1, 0.15) is 18.3 Å². The van der Waals surface area contributed by atoms with E-state index in [0.29, 0.717) is 0 Å². The highest BCUT2D eigenvalue weighted by Gasteiger charge is 2.44. The number of nitrogens with one attached hydrogen (secondary N) is 1. The van der Waals surface area contributed by atoms with E-state index in [-0.39, 0.29) is 6.61 Å². The van der Waals surface area contributed by atoms with Crippen LogP contribution in [-0.2, 0) is 9.57 Å². The molecule has 0 spiro atoms. The molecule has 1 aliphatic rings. The van der Waals surface area contributed by atoms with E-state index in [1.807, 2.05) is 4.98 Å². The molecule has 1 aliphatic heterocycles. The van der Waals surface area contributed by atoms with Crippen LogP contribution in [0.1, 0.15) is 6.23 Å². The molecule has 2 rings (SSSR count). The highest BCUT2D eigenvalue weighted by molar-refractivity contribution is 4.93. The minimum atomic E-state index is -1.33. The number of H-pyrrole nitrogens is 1. The van der Waals surface area contributed by atoms with E-state index in [9.17, 15) is 19.8 Å². The third kappa shape index (κ3) is 2.21. The lowest BCUT2D eigenvalue weighted by molar-refractivity contribution is -0.0689. The van der Waals surface area contributed by atoms with Crippen LogP contribution in [0.25, 0.3) is 0 Å². The average Bonchev–Trinajstić information content (AvgIpc) is 2.58. The Labute approximate surface area is 100 Å². The van der Waals surface area contributed by atoms with Gasteiger partial charge in [0.2, 0.25) is 0 Å². The van der Waals surface area contributed by atoms with Crippen molar-refractivity contribution >= 4 is 0 Å². The van der Waals surface area contributed by atoms with Gasteiger partial charge in [-0.15, -0.1) is 0 Å². The molecule has 2 heterocycles. The summed E-state index contributed by atoms with van der Waals surface area (Å²) in [6.07, 6.45) is -3.35. The van der Waals surface area contributed by atoms with Crippen molar-refractivity contribution in [2.24, 2.45) is 5.90 Å². The van der Waals surface area contributed by atoms with E-state index in [0.717, 1.165) is 10.6 Å². The maximum absolute atomic E-state index is 11.5. The molecule has 5 N–H and O–H groups in total. The molecule has 0 amide bonds. The zero-order valence-corrected chi connectivity index (χ0v) is 9.22. The normalized spacial score (nSPS) is 31.7. The number of rotatable bonds is 3. The van der Waals surface area contributed by atoms with E-state index in [1.165, 1.54) is 6.20 Å². The summed E-state index contributed by atoms with van der Waals surface area (Å²) >= 11 is 0. The van der Waals surface area contributed by atoms with Gasteiger partial charge in [-0.3, -0.25) is 14.3 Å². The summed E-state index contributed by atoms with van der Waals surface area (Å²) in [5.74, 6) is 4.86. The first-order chi connectivity index (χ1) is 8.54. The molecule has 4 atom stereocenters. The van der Waals surface area contributed by atoms with Gasteiger partial charge in [-0.1, -0.05) is 0 Å². The lowest BCUT2D eigenvalue weighted by Gasteiger charge is -2.16. The smallest absolute Gasteiger partial charge is 0.330 e. The van der Waals surface area contributed by atoms with E-state index < -0.39 is 35.8 Å². The second kappa shape index (κ2) is 5.00. The quantitative estimate of drug-likeness (QED) is 0.425. The molecule has 100 valence electrons. The van der Waals surface area contributed by atoms with Gasteiger partial charge in [0, 0.05) is 12.3 Å². The Bertz CT molecular complexity index is 526. The molecular weight excluding hydrogens is 246 g/mol. The Morgan fingerprint density at radius 3 is 2.78 bits per heavy atom. The monoisotopic (exact) mass is 259 g/mol. The van der Waals surface area contributed by atoms with Crippen LogP contribution in [0.15, 0.2) is 21.9 Å². The van der Waals surface area contributed by atoms with Crippen LogP contribution in [0, 0.1) is 0 Å². The van der Waals surface area contributed by atoms with Crippen LogP contribution < -0.4 is 17.1 Å². The van der Waals surface area contributed by atoms with Crippen LogP contribution in [0.3, 0.4) is 0 Å². The maximum atomic E-state index is 11.5. The number of nitrogens with two attached hydrogens (primary N) is 1. The molecule has 0 bridgehead atoms. The average molecular weight is 259 g/mol. The van der Waals surface area contributed by atoms with Gasteiger partial charge in [0.05, 0.1) is 6.61 Å². The van der Waals surface area contributed by atoms with Crippen LogP contribution >= 0.6 is 0 Å². The summed E-state index contributed by atoms with van der Waals surface area (Å²) < 4.78 is 6.25. The summed E-state index contributed by atoms with van der Waals surface area (Å²) in [5.41, 5.74) is -1.31. The van der Waals surface area contributed by atoms with Crippen molar-refractivity contribution in [2.45, 2.75) is 24.5 Å². The first-order valence-corrected chi connectivity index (χ1v) is 5.19. The molecule has 1 fully saturated rings. The highest BCUT2D eigenvalue weighted by atomic mass is 16.6. The molecule has 0 unspecified atom stereocenters. The molecule has 0 radical (unpaired) electrons. The Hall–Kier alpha value is -1.52. The number of hydrogen-bond acceptors (Lipinski definition) is 7. The maximum Gasteiger partial charge on any atom is 0.330 e. The second-order valence-electron chi connectivity index (χ2n) is 3.90. The van der Waals surface area contributed by atoms with Gasteiger partial charge in [-0.25, -0.2) is 10.7 Å². The Morgan fingerprint density at radius 2 is 2.17 bits per heavy atom. The van der Waals surface area contributed by atoms with E-state index in [1.54, 1.807) is 0 Å². The minimum absolute atomic E-state index is 0.132. The number of aromatic amines is 1. The predicted octanol–water partition coefficient (Wildman–Crippen LogP) is -2.95. The van der Waals surface area contributed by atoms with Gasteiger partial charge >= 0.3 is 5.69 Å². The Balaban J connectivity index is 2.29. The fourth-order valence-corrected chi connectivity index (χ4v) is 1.82. The standard InChI is InChI=1S/C9H13N3O6/c10-17-3-4-6(14)7(15)8(18-4)12-2-1-5(13)11-9(12)16/h1-2,4,6-8,14-15H,3,10H2,(H,11,13,16)/t4-,6-,7-,8-/m1/s1. The predicted molar refractivity (Wildman–Crippen MR) is 57.4 cm³/mol.